The quantitative estimate of drug-likeness (QED) is 0.611. The molecular weight excluding hydrogens is 266 g/mol. The van der Waals surface area contributed by atoms with E-state index in [0.29, 0.717) is 0 Å². The molecule has 0 aliphatic rings. The van der Waals surface area contributed by atoms with E-state index in [-0.39, 0.29) is 22.9 Å². The number of carbonyl (C=O) groups excluding carboxylic acids is 1. The van der Waals surface area contributed by atoms with Crippen LogP contribution in [0.1, 0.15) is 10.4 Å². The molecule has 0 saturated heterocycles. The van der Waals surface area contributed by atoms with Crippen LogP contribution in [-0.4, -0.2) is 37.4 Å². The third-order valence-corrected chi connectivity index (χ3v) is 2.19. The van der Waals surface area contributed by atoms with Gasteiger partial charge in [0.2, 0.25) is 0 Å². The summed E-state index contributed by atoms with van der Waals surface area (Å²) in [5.41, 5.74) is -0.219. The first kappa shape index (κ1) is 13.2. The number of nitrogens with zero attached hydrogens (tertiary/aromatic N) is 3. The van der Waals surface area contributed by atoms with E-state index in [1.807, 2.05) is 0 Å². The Morgan fingerprint density at radius 2 is 1.95 bits per heavy atom. The number of amides is 2. The minimum atomic E-state index is -1.28. The number of carboxylic acids is 1. The second-order valence-corrected chi connectivity index (χ2v) is 3.58. The molecule has 0 radical (unpaired) electrons. The molecule has 102 valence electrons. The summed E-state index contributed by atoms with van der Waals surface area (Å²) in [6.07, 6.45) is 2.68. The van der Waals surface area contributed by atoms with Crippen molar-refractivity contribution in [1.29, 1.82) is 0 Å². The van der Waals surface area contributed by atoms with Gasteiger partial charge in [0.1, 0.15) is 5.75 Å². The second-order valence-electron chi connectivity index (χ2n) is 3.58. The average Bonchev–Trinajstić information content (AvgIpc) is 2.41. The second kappa shape index (κ2) is 5.61. The van der Waals surface area contributed by atoms with Gasteiger partial charge < -0.3 is 15.5 Å². The highest BCUT2D eigenvalue weighted by Crippen LogP contribution is 2.21. The van der Waals surface area contributed by atoms with Crippen molar-refractivity contribution in [3.8, 4) is 5.75 Å². The minimum Gasteiger partial charge on any atom is -0.508 e. The number of phenols is 1. The number of aromatic carboxylic acids is 1. The van der Waals surface area contributed by atoms with Gasteiger partial charge >= 0.3 is 12.0 Å². The van der Waals surface area contributed by atoms with Crippen molar-refractivity contribution in [3.05, 3.63) is 36.2 Å². The predicted octanol–water partition coefficient (Wildman–Crippen LogP) is 0.919. The van der Waals surface area contributed by atoms with E-state index in [2.05, 4.69) is 25.8 Å². The number of hydrogen-bond donors (Lipinski definition) is 4. The Labute approximate surface area is 112 Å². The van der Waals surface area contributed by atoms with Gasteiger partial charge in [0, 0.05) is 0 Å². The van der Waals surface area contributed by atoms with Crippen LogP contribution in [0.15, 0.2) is 30.6 Å². The lowest BCUT2D eigenvalue weighted by Gasteiger charge is -2.09. The van der Waals surface area contributed by atoms with Gasteiger partial charge in [0.15, 0.2) is 0 Å². The lowest BCUT2D eigenvalue weighted by atomic mass is 10.1. The van der Waals surface area contributed by atoms with Crippen molar-refractivity contribution in [2.24, 2.45) is 0 Å². The summed E-state index contributed by atoms with van der Waals surface area (Å²) in [5, 5.41) is 29.9. The molecule has 1 heterocycles. The molecule has 4 N–H and O–H groups in total. The summed E-state index contributed by atoms with van der Waals surface area (Å²) < 4.78 is 0. The molecule has 0 aliphatic heterocycles. The zero-order chi connectivity index (χ0) is 14.5. The van der Waals surface area contributed by atoms with Crippen molar-refractivity contribution >= 4 is 23.6 Å². The summed E-state index contributed by atoms with van der Waals surface area (Å²) >= 11 is 0. The number of hydrogen-bond acceptors (Lipinski definition) is 6. The number of aromatic nitrogens is 3. The fraction of sp³-hybridized carbons (Fsp3) is 0. The molecule has 0 fully saturated rings. The summed E-state index contributed by atoms with van der Waals surface area (Å²) in [6.45, 7) is 0. The first-order valence-electron chi connectivity index (χ1n) is 5.34. The Bertz CT molecular complexity index is 647. The fourth-order valence-corrected chi connectivity index (χ4v) is 1.38. The molecule has 2 amide bonds. The molecule has 2 rings (SSSR count). The Morgan fingerprint density at radius 1 is 1.15 bits per heavy atom. The highest BCUT2D eigenvalue weighted by Gasteiger charge is 2.13. The first-order valence-corrected chi connectivity index (χ1v) is 5.34. The number of phenolic OH excluding ortho intramolecular Hbond substituents is 1. The molecule has 9 heteroatoms. The van der Waals surface area contributed by atoms with Crippen molar-refractivity contribution in [3.63, 3.8) is 0 Å². The van der Waals surface area contributed by atoms with Crippen molar-refractivity contribution < 1.29 is 19.8 Å². The van der Waals surface area contributed by atoms with Crippen LogP contribution >= 0.6 is 0 Å². The lowest BCUT2D eigenvalue weighted by molar-refractivity contribution is 0.0697. The van der Waals surface area contributed by atoms with E-state index in [1.54, 1.807) is 0 Å². The maximum atomic E-state index is 11.7. The van der Waals surface area contributed by atoms with Crippen molar-refractivity contribution in [1.82, 2.24) is 15.2 Å². The fourth-order valence-electron chi connectivity index (χ4n) is 1.38. The average molecular weight is 275 g/mol. The highest BCUT2D eigenvalue weighted by molar-refractivity contribution is 6.04. The molecule has 2 aromatic rings. The lowest BCUT2D eigenvalue weighted by Crippen LogP contribution is -2.22. The number of nitrogens with one attached hydrogen (secondary N) is 2. The van der Waals surface area contributed by atoms with Gasteiger partial charge in [-0.05, 0) is 18.2 Å². The molecule has 20 heavy (non-hydrogen) atoms. The van der Waals surface area contributed by atoms with Crippen LogP contribution < -0.4 is 10.6 Å². The van der Waals surface area contributed by atoms with Crippen molar-refractivity contribution in [2.45, 2.75) is 0 Å². The molecule has 0 atom stereocenters. The molecular formula is C11H9N5O4. The van der Waals surface area contributed by atoms with Gasteiger partial charge in [0.25, 0.3) is 5.95 Å². The molecule has 9 nitrogen and oxygen atoms in total. The molecule has 0 aliphatic carbocycles. The van der Waals surface area contributed by atoms with E-state index in [9.17, 15) is 14.7 Å². The van der Waals surface area contributed by atoms with Crippen LogP contribution in [0.3, 0.4) is 0 Å². The third-order valence-electron chi connectivity index (χ3n) is 2.19. The maximum Gasteiger partial charge on any atom is 0.337 e. The van der Waals surface area contributed by atoms with Crippen molar-refractivity contribution in [2.75, 3.05) is 10.6 Å². The van der Waals surface area contributed by atoms with E-state index in [0.717, 1.165) is 6.07 Å². The normalized spacial score (nSPS) is 9.80. The third kappa shape index (κ3) is 3.16. The van der Waals surface area contributed by atoms with Gasteiger partial charge in [-0.1, -0.05) is 0 Å². The van der Waals surface area contributed by atoms with Crippen LogP contribution in [0.4, 0.5) is 16.4 Å². The zero-order valence-corrected chi connectivity index (χ0v) is 9.94. The SMILES string of the molecule is O=C(Nc1nccnn1)Nc1ccc(O)cc1C(=O)O. The van der Waals surface area contributed by atoms with Crippen LogP contribution in [0.2, 0.25) is 0 Å². The standard InChI is InChI=1S/C11H9N5O4/c17-6-1-2-8(7(5-6)9(18)19)14-11(20)15-10-12-3-4-13-16-10/h1-5,17H,(H,18,19)(H2,12,14,15,16,20). The Balaban J connectivity index is 2.14. The predicted molar refractivity (Wildman–Crippen MR) is 67.5 cm³/mol. The maximum absolute atomic E-state index is 11.7. The Kier molecular flexibility index (Phi) is 3.70. The number of benzene rings is 1. The topological polar surface area (TPSA) is 137 Å². The van der Waals surface area contributed by atoms with E-state index in [4.69, 9.17) is 5.11 Å². The van der Waals surface area contributed by atoms with Crippen LogP contribution in [0, 0.1) is 0 Å². The number of carbonyl (C=O) groups is 2. The summed E-state index contributed by atoms with van der Waals surface area (Å²) in [6, 6.07) is 2.81. The number of anilines is 2. The van der Waals surface area contributed by atoms with Crippen LogP contribution in [-0.2, 0) is 0 Å². The number of aromatic hydroxyl groups is 1. The van der Waals surface area contributed by atoms with Crippen LogP contribution in [0.5, 0.6) is 5.75 Å². The van der Waals surface area contributed by atoms with Crippen LogP contribution in [0.25, 0.3) is 0 Å². The summed E-state index contributed by atoms with van der Waals surface area (Å²) in [5.74, 6) is -1.53. The number of urea groups is 1. The molecule has 1 aromatic heterocycles. The Hall–Kier alpha value is -3.23. The van der Waals surface area contributed by atoms with E-state index < -0.39 is 12.0 Å². The molecule has 0 spiro atoms. The molecule has 0 saturated carbocycles. The molecule has 0 unspecified atom stereocenters. The highest BCUT2D eigenvalue weighted by atomic mass is 16.4. The van der Waals surface area contributed by atoms with E-state index in [1.165, 1.54) is 24.5 Å². The molecule has 0 bridgehead atoms. The monoisotopic (exact) mass is 275 g/mol. The van der Waals surface area contributed by atoms with Gasteiger partial charge in [-0.3, -0.25) is 5.32 Å². The number of carboxylic acid groups (broad SMARTS) is 1. The first-order chi connectivity index (χ1) is 9.56. The van der Waals surface area contributed by atoms with E-state index >= 15 is 0 Å². The van der Waals surface area contributed by atoms with Gasteiger partial charge in [0.05, 0.1) is 23.6 Å². The minimum absolute atomic E-state index is 0.0247. The Morgan fingerprint density at radius 3 is 2.60 bits per heavy atom. The smallest absolute Gasteiger partial charge is 0.337 e. The van der Waals surface area contributed by atoms with Gasteiger partial charge in [-0.2, -0.15) is 5.10 Å². The molecule has 1 aromatic carbocycles. The van der Waals surface area contributed by atoms with Gasteiger partial charge in [-0.25, -0.2) is 14.6 Å². The van der Waals surface area contributed by atoms with Gasteiger partial charge in [-0.15, -0.1) is 5.10 Å². The largest absolute Gasteiger partial charge is 0.508 e. The number of rotatable bonds is 3. The zero-order valence-electron chi connectivity index (χ0n) is 9.94. The summed E-state index contributed by atoms with van der Waals surface area (Å²) in [4.78, 5) is 26.4. The summed E-state index contributed by atoms with van der Waals surface area (Å²) in [7, 11) is 0.